The second kappa shape index (κ2) is 5.62. The fourth-order valence-corrected chi connectivity index (χ4v) is 3.65. The van der Waals surface area contributed by atoms with Gasteiger partial charge >= 0.3 is 0 Å². The van der Waals surface area contributed by atoms with E-state index < -0.39 is 10.0 Å². The molecule has 1 aliphatic heterocycles. The SMILES string of the molecule is O=C1CCc2cc(NS(=O)(=O)c3cccc(Cl)c3)ccc2N1. The Labute approximate surface area is 133 Å². The molecule has 1 heterocycles. The molecule has 2 aromatic carbocycles. The zero-order chi connectivity index (χ0) is 15.7. The topological polar surface area (TPSA) is 75.3 Å². The second-order valence-corrected chi connectivity index (χ2v) is 7.10. The molecule has 5 nitrogen and oxygen atoms in total. The molecule has 0 saturated heterocycles. The molecule has 0 spiro atoms. The van der Waals surface area contributed by atoms with E-state index in [1.807, 2.05) is 0 Å². The third-order valence-corrected chi connectivity index (χ3v) is 4.97. The van der Waals surface area contributed by atoms with E-state index in [9.17, 15) is 13.2 Å². The van der Waals surface area contributed by atoms with E-state index in [2.05, 4.69) is 10.0 Å². The van der Waals surface area contributed by atoms with E-state index in [-0.39, 0.29) is 10.8 Å². The van der Waals surface area contributed by atoms with Crippen LogP contribution in [-0.2, 0) is 21.2 Å². The number of fused-ring (bicyclic) bond motifs is 1. The minimum Gasteiger partial charge on any atom is -0.326 e. The third kappa shape index (κ3) is 3.08. The average molecular weight is 337 g/mol. The van der Waals surface area contributed by atoms with Gasteiger partial charge in [-0.2, -0.15) is 0 Å². The first-order valence-electron chi connectivity index (χ1n) is 6.65. The number of amides is 1. The fourth-order valence-electron chi connectivity index (χ4n) is 2.30. The number of carbonyl (C=O) groups is 1. The predicted molar refractivity (Wildman–Crippen MR) is 85.7 cm³/mol. The van der Waals surface area contributed by atoms with Crippen molar-refractivity contribution < 1.29 is 13.2 Å². The van der Waals surface area contributed by atoms with E-state index in [4.69, 9.17) is 11.6 Å². The first-order valence-corrected chi connectivity index (χ1v) is 8.51. The van der Waals surface area contributed by atoms with Crippen LogP contribution in [0.3, 0.4) is 0 Å². The highest BCUT2D eigenvalue weighted by Crippen LogP contribution is 2.27. The Kier molecular flexibility index (Phi) is 3.80. The number of carbonyl (C=O) groups excluding carboxylic acids is 1. The van der Waals surface area contributed by atoms with Crippen molar-refractivity contribution in [1.29, 1.82) is 0 Å². The van der Waals surface area contributed by atoms with Crippen molar-refractivity contribution in [1.82, 2.24) is 0 Å². The van der Waals surface area contributed by atoms with Crippen molar-refractivity contribution in [3.63, 3.8) is 0 Å². The van der Waals surface area contributed by atoms with Gasteiger partial charge in [-0.15, -0.1) is 0 Å². The van der Waals surface area contributed by atoms with Gasteiger partial charge in [-0.05, 0) is 48.4 Å². The minimum absolute atomic E-state index is 0.0280. The highest BCUT2D eigenvalue weighted by atomic mass is 35.5. The van der Waals surface area contributed by atoms with Gasteiger partial charge in [0.25, 0.3) is 10.0 Å². The first kappa shape index (κ1) is 14.9. The van der Waals surface area contributed by atoms with Crippen LogP contribution in [0.5, 0.6) is 0 Å². The zero-order valence-electron chi connectivity index (χ0n) is 11.5. The maximum atomic E-state index is 12.3. The number of halogens is 1. The molecule has 0 bridgehead atoms. The normalized spacial score (nSPS) is 14.1. The van der Waals surface area contributed by atoms with Crippen LogP contribution < -0.4 is 10.0 Å². The lowest BCUT2D eigenvalue weighted by Gasteiger charge is -2.18. The summed E-state index contributed by atoms with van der Waals surface area (Å²) in [5.74, 6) is -0.0280. The van der Waals surface area contributed by atoms with Gasteiger partial charge in [-0.25, -0.2) is 8.42 Å². The van der Waals surface area contributed by atoms with E-state index >= 15 is 0 Å². The van der Waals surface area contributed by atoms with Crippen molar-refractivity contribution in [3.8, 4) is 0 Å². The molecule has 0 saturated carbocycles. The predicted octanol–water partition coefficient (Wildman–Crippen LogP) is 3.03. The van der Waals surface area contributed by atoms with Crippen molar-refractivity contribution in [2.75, 3.05) is 10.0 Å². The fraction of sp³-hybridized carbons (Fsp3) is 0.133. The Morgan fingerprint density at radius 1 is 1.09 bits per heavy atom. The molecule has 1 amide bonds. The van der Waals surface area contributed by atoms with Gasteiger partial charge in [0.1, 0.15) is 0 Å². The van der Waals surface area contributed by atoms with E-state index in [0.29, 0.717) is 23.6 Å². The van der Waals surface area contributed by atoms with Gasteiger partial charge in [-0.1, -0.05) is 17.7 Å². The Morgan fingerprint density at radius 2 is 1.91 bits per heavy atom. The summed E-state index contributed by atoms with van der Waals surface area (Å²) in [4.78, 5) is 11.4. The number of hydrogen-bond acceptors (Lipinski definition) is 3. The number of nitrogens with one attached hydrogen (secondary N) is 2. The van der Waals surface area contributed by atoms with Crippen LogP contribution in [0.4, 0.5) is 11.4 Å². The van der Waals surface area contributed by atoms with Crippen LogP contribution in [0.15, 0.2) is 47.4 Å². The summed E-state index contributed by atoms with van der Waals surface area (Å²) >= 11 is 5.83. The lowest BCUT2D eigenvalue weighted by atomic mass is 10.0. The summed E-state index contributed by atoms with van der Waals surface area (Å²) < 4.78 is 27.2. The third-order valence-electron chi connectivity index (χ3n) is 3.36. The maximum absolute atomic E-state index is 12.3. The number of rotatable bonds is 3. The Morgan fingerprint density at radius 3 is 2.68 bits per heavy atom. The molecule has 0 radical (unpaired) electrons. The van der Waals surface area contributed by atoms with Crippen LogP contribution in [0.2, 0.25) is 5.02 Å². The number of aryl methyl sites for hydroxylation is 1. The van der Waals surface area contributed by atoms with Crippen molar-refractivity contribution in [2.45, 2.75) is 17.7 Å². The molecule has 0 aliphatic carbocycles. The van der Waals surface area contributed by atoms with Crippen LogP contribution >= 0.6 is 11.6 Å². The highest BCUT2D eigenvalue weighted by Gasteiger charge is 2.18. The van der Waals surface area contributed by atoms with Gasteiger partial charge in [0.15, 0.2) is 0 Å². The molecule has 0 atom stereocenters. The van der Waals surface area contributed by atoms with Gasteiger partial charge in [-0.3, -0.25) is 9.52 Å². The van der Waals surface area contributed by atoms with E-state index in [1.165, 1.54) is 12.1 Å². The highest BCUT2D eigenvalue weighted by molar-refractivity contribution is 7.92. The monoisotopic (exact) mass is 336 g/mol. The summed E-state index contributed by atoms with van der Waals surface area (Å²) in [7, 11) is -3.69. The Balaban J connectivity index is 1.88. The molecule has 7 heteroatoms. The van der Waals surface area contributed by atoms with E-state index in [0.717, 1.165) is 11.3 Å². The maximum Gasteiger partial charge on any atom is 0.261 e. The lowest BCUT2D eigenvalue weighted by Crippen LogP contribution is -2.19. The minimum atomic E-state index is -3.69. The Hall–Kier alpha value is -2.05. The molecular weight excluding hydrogens is 324 g/mol. The molecule has 2 aromatic rings. The van der Waals surface area contributed by atoms with Crippen molar-refractivity contribution in [3.05, 3.63) is 53.1 Å². The zero-order valence-corrected chi connectivity index (χ0v) is 13.0. The number of sulfonamides is 1. The summed E-state index contributed by atoms with van der Waals surface area (Å²) in [6, 6.07) is 11.1. The van der Waals surface area contributed by atoms with E-state index in [1.54, 1.807) is 30.3 Å². The lowest BCUT2D eigenvalue weighted by molar-refractivity contribution is -0.116. The smallest absolute Gasteiger partial charge is 0.261 e. The van der Waals surface area contributed by atoms with Crippen LogP contribution in [0.25, 0.3) is 0 Å². The van der Waals surface area contributed by atoms with Crippen molar-refractivity contribution in [2.24, 2.45) is 0 Å². The number of benzene rings is 2. The molecule has 0 fully saturated rings. The van der Waals surface area contributed by atoms with Gasteiger partial charge in [0, 0.05) is 22.8 Å². The molecule has 0 unspecified atom stereocenters. The summed E-state index contributed by atoms with van der Waals surface area (Å²) in [5, 5.41) is 3.11. The van der Waals surface area contributed by atoms with Gasteiger partial charge < -0.3 is 5.32 Å². The largest absolute Gasteiger partial charge is 0.326 e. The second-order valence-electron chi connectivity index (χ2n) is 4.98. The standard InChI is InChI=1S/C15H13ClN2O3S/c16-11-2-1-3-13(9-11)22(20,21)18-12-5-6-14-10(8-12)4-7-15(19)17-14/h1-3,5-6,8-9,18H,4,7H2,(H,17,19). The number of hydrogen-bond donors (Lipinski definition) is 2. The van der Waals surface area contributed by atoms with Crippen LogP contribution in [0.1, 0.15) is 12.0 Å². The molecule has 22 heavy (non-hydrogen) atoms. The van der Waals surface area contributed by atoms with Crippen LogP contribution in [-0.4, -0.2) is 14.3 Å². The number of anilines is 2. The molecule has 0 aromatic heterocycles. The van der Waals surface area contributed by atoms with Crippen molar-refractivity contribution >= 4 is 38.9 Å². The summed E-state index contributed by atoms with van der Waals surface area (Å²) in [5.41, 5.74) is 2.09. The molecule has 1 aliphatic rings. The van der Waals surface area contributed by atoms with Gasteiger partial charge in [0.05, 0.1) is 4.90 Å². The molecular formula is C15H13ClN2O3S. The average Bonchev–Trinajstić information content (AvgIpc) is 2.47. The molecule has 114 valence electrons. The quantitative estimate of drug-likeness (QED) is 0.904. The molecule has 3 rings (SSSR count). The van der Waals surface area contributed by atoms with Crippen LogP contribution in [0, 0.1) is 0 Å². The summed E-state index contributed by atoms with van der Waals surface area (Å²) in [6.45, 7) is 0. The molecule has 2 N–H and O–H groups in total. The Bertz CT molecular complexity index is 850. The first-order chi connectivity index (χ1) is 10.4. The summed E-state index contributed by atoms with van der Waals surface area (Å²) in [6.07, 6.45) is 0.991. The van der Waals surface area contributed by atoms with Gasteiger partial charge in [0.2, 0.25) is 5.91 Å².